The van der Waals surface area contributed by atoms with E-state index in [0.29, 0.717) is 18.1 Å². The van der Waals surface area contributed by atoms with Crippen LogP contribution in [0.25, 0.3) is 10.9 Å². The average molecular weight is 453 g/mol. The summed E-state index contributed by atoms with van der Waals surface area (Å²) >= 11 is 0. The topological polar surface area (TPSA) is 105 Å². The largest absolute Gasteiger partial charge is 0.395 e. The Balaban J connectivity index is 1.57. The molecule has 0 bridgehead atoms. The number of ether oxygens (including phenoxy) is 1. The Hall–Kier alpha value is -3.04. The van der Waals surface area contributed by atoms with Crippen LogP contribution in [0.4, 0.5) is 5.95 Å². The molecule has 0 aliphatic carbocycles. The Labute approximate surface area is 193 Å². The monoisotopic (exact) mass is 452 g/mol. The molecule has 1 saturated heterocycles. The Morgan fingerprint density at radius 1 is 1.27 bits per heavy atom. The van der Waals surface area contributed by atoms with Gasteiger partial charge in [0.05, 0.1) is 29.5 Å². The van der Waals surface area contributed by atoms with Crippen LogP contribution in [-0.2, 0) is 11.2 Å². The molecule has 1 aliphatic heterocycles. The number of nitrogens with one attached hydrogen (secondary N) is 1. The second-order valence-corrected chi connectivity index (χ2v) is 8.66. The summed E-state index contributed by atoms with van der Waals surface area (Å²) in [6.45, 7) is 6.06. The molecule has 33 heavy (non-hydrogen) atoms. The van der Waals surface area contributed by atoms with Crippen molar-refractivity contribution in [2.75, 3.05) is 38.3 Å². The number of rotatable bonds is 8. The zero-order chi connectivity index (χ0) is 23.4. The number of methoxy groups -OCH3 is 1. The molecule has 3 aromatic rings. The third-order valence-corrected chi connectivity index (χ3v) is 6.09. The number of amides is 1. The van der Waals surface area contributed by atoms with Gasteiger partial charge in [-0.15, -0.1) is 0 Å². The van der Waals surface area contributed by atoms with Crippen LogP contribution in [0.1, 0.15) is 54.5 Å². The standard InChI is InChI=1S/C24H32N6O3/c1-16(2)30-15-21(23(32)25-8-11-31)20-14-27-18(13-22(20)30)12-17-4-7-26-24(28-17)29-9-5-19(33-3)6-10-29/h4,7,13-16,19,31H,5-6,8-12H2,1-3H3,(H,25,32). The highest BCUT2D eigenvalue weighted by Crippen LogP contribution is 2.26. The normalized spacial score (nSPS) is 14.9. The fourth-order valence-corrected chi connectivity index (χ4v) is 4.27. The molecule has 0 unspecified atom stereocenters. The van der Waals surface area contributed by atoms with Gasteiger partial charge in [0.25, 0.3) is 5.91 Å². The zero-order valence-corrected chi connectivity index (χ0v) is 19.5. The molecule has 0 spiro atoms. The molecule has 2 N–H and O–H groups in total. The van der Waals surface area contributed by atoms with Crippen molar-refractivity contribution in [3.63, 3.8) is 0 Å². The van der Waals surface area contributed by atoms with Crippen molar-refractivity contribution in [1.29, 1.82) is 0 Å². The van der Waals surface area contributed by atoms with Crippen LogP contribution in [0.2, 0.25) is 0 Å². The molecule has 3 aromatic heterocycles. The zero-order valence-electron chi connectivity index (χ0n) is 19.5. The van der Waals surface area contributed by atoms with Gasteiger partial charge >= 0.3 is 0 Å². The fourth-order valence-electron chi connectivity index (χ4n) is 4.27. The smallest absolute Gasteiger partial charge is 0.253 e. The number of aliphatic hydroxyl groups is 1. The van der Waals surface area contributed by atoms with E-state index in [4.69, 9.17) is 14.8 Å². The SMILES string of the molecule is COC1CCN(c2nccc(Cc3cc4c(cn3)c(C(=O)NCCO)cn4C(C)C)n2)CC1. The number of carbonyl (C=O) groups excluding carboxylic acids is 1. The Kier molecular flexibility index (Phi) is 7.20. The summed E-state index contributed by atoms with van der Waals surface area (Å²) in [7, 11) is 1.77. The van der Waals surface area contributed by atoms with Gasteiger partial charge in [0.1, 0.15) is 0 Å². The molecule has 1 aliphatic rings. The molecule has 9 nitrogen and oxygen atoms in total. The first kappa shape index (κ1) is 23.1. The average Bonchev–Trinajstić information content (AvgIpc) is 3.22. The van der Waals surface area contributed by atoms with Gasteiger partial charge in [0.2, 0.25) is 5.95 Å². The number of carbonyl (C=O) groups is 1. The highest BCUT2D eigenvalue weighted by molar-refractivity contribution is 6.06. The highest BCUT2D eigenvalue weighted by Gasteiger charge is 2.21. The summed E-state index contributed by atoms with van der Waals surface area (Å²) in [6.07, 6.45) is 8.27. The van der Waals surface area contributed by atoms with Crippen molar-refractivity contribution in [2.45, 2.75) is 45.3 Å². The lowest BCUT2D eigenvalue weighted by atomic mass is 10.1. The number of pyridine rings is 1. The van der Waals surface area contributed by atoms with E-state index in [-0.39, 0.29) is 25.1 Å². The van der Waals surface area contributed by atoms with Gasteiger partial charge in [-0.25, -0.2) is 9.97 Å². The van der Waals surface area contributed by atoms with Crippen LogP contribution in [0.5, 0.6) is 0 Å². The number of aromatic nitrogens is 4. The second kappa shape index (κ2) is 10.3. The first-order chi connectivity index (χ1) is 16.0. The number of aliphatic hydroxyl groups excluding tert-OH is 1. The van der Waals surface area contributed by atoms with Crippen molar-refractivity contribution in [1.82, 2.24) is 24.8 Å². The minimum absolute atomic E-state index is 0.0950. The van der Waals surface area contributed by atoms with Crippen LogP contribution in [0.15, 0.2) is 30.7 Å². The highest BCUT2D eigenvalue weighted by atomic mass is 16.5. The van der Waals surface area contributed by atoms with E-state index in [0.717, 1.165) is 54.2 Å². The van der Waals surface area contributed by atoms with E-state index in [1.807, 2.05) is 18.3 Å². The number of hydrogen-bond acceptors (Lipinski definition) is 7. The van der Waals surface area contributed by atoms with E-state index in [1.165, 1.54) is 0 Å². The first-order valence-electron chi connectivity index (χ1n) is 11.5. The number of piperidine rings is 1. The molecule has 1 amide bonds. The first-order valence-corrected chi connectivity index (χ1v) is 11.5. The van der Waals surface area contributed by atoms with Crippen LogP contribution in [-0.4, -0.2) is 70.0 Å². The van der Waals surface area contributed by atoms with E-state index in [9.17, 15) is 4.79 Å². The van der Waals surface area contributed by atoms with Gasteiger partial charge in [-0.05, 0) is 38.8 Å². The molecule has 0 atom stereocenters. The molecular weight excluding hydrogens is 420 g/mol. The third kappa shape index (κ3) is 5.15. The quantitative estimate of drug-likeness (QED) is 0.540. The maximum atomic E-state index is 12.6. The summed E-state index contributed by atoms with van der Waals surface area (Å²) in [6, 6.07) is 4.14. The second-order valence-electron chi connectivity index (χ2n) is 8.66. The number of anilines is 1. The van der Waals surface area contributed by atoms with Crippen LogP contribution in [0.3, 0.4) is 0 Å². The molecule has 4 heterocycles. The number of hydrogen-bond donors (Lipinski definition) is 2. The van der Waals surface area contributed by atoms with E-state index in [1.54, 1.807) is 19.5 Å². The Morgan fingerprint density at radius 2 is 2.06 bits per heavy atom. The molecule has 0 aromatic carbocycles. The Morgan fingerprint density at radius 3 is 2.76 bits per heavy atom. The fraction of sp³-hybridized carbons (Fsp3) is 0.500. The molecule has 0 radical (unpaired) electrons. The molecule has 9 heteroatoms. The summed E-state index contributed by atoms with van der Waals surface area (Å²) in [5.41, 5.74) is 3.31. The van der Waals surface area contributed by atoms with Crippen molar-refractivity contribution in [2.24, 2.45) is 0 Å². The van der Waals surface area contributed by atoms with Gasteiger partial charge in [-0.2, -0.15) is 0 Å². The van der Waals surface area contributed by atoms with Crippen molar-refractivity contribution in [3.8, 4) is 0 Å². The Bertz CT molecular complexity index is 1100. The third-order valence-electron chi connectivity index (χ3n) is 6.09. The molecular formula is C24H32N6O3. The maximum Gasteiger partial charge on any atom is 0.253 e. The van der Waals surface area contributed by atoms with Crippen LogP contribution < -0.4 is 10.2 Å². The predicted molar refractivity (Wildman–Crippen MR) is 127 cm³/mol. The lowest BCUT2D eigenvalue weighted by Gasteiger charge is -2.31. The molecule has 0 saturated carbocycles. The van der Waals surface area contributed by atoms with Crippen LogP contribution >= 0.6 is 0 Å². The minimum atomic E-state index is -0.208. The number of nitrogens with zero attached hydrogens (tertiary/aromatic N) is 5. The van der Waals surface area contributed by atoms with Gasteiger partial charge in [-0.1, -0.05) is 0 Å². The minimum Gasteiger partial charge on any atom is -0.395 e. The maximum absolute atomic E-state index is 12.6. The van der Waals surface area contributed by atoms with Gasteiger partial charge in [0, 0.05) is 68.9 Å². The van der Waals surface area contributed by atoms with Crippen molar-refractivity contribution >= 4 is 22.8 Å². The lowest BCUT2D eigenvalue weighted by molar-refractivity contribution is 0.0816. The molecule has 4 rings (SSSR count). The van der Waals surface area contributed by atoms with Crippen molar-refractivity contribution < 1.29 is 14.6 Å². The van der Waals surface area contributed by atoms with Gasteiger partial charge in [-0.3, -0.25) is 9.78 Å². The number of fused-ring (bicyclic) bond motifs is 1. The van der Waals surface area contributed by atoms with Gasteiger partial charge < -0.3 is 24.6 Å². The molecule has 176 valence electrons. The van der Waals surface area contributed by atoms with Gasteiger partial charge in [0.15, 0.2) is 0 Å². The van der Waals surface area contributed by atoms with E-state index >= 15 is 0 Å². The summed E-state index contributed by atoms with van der Waals surface area (Å²) in [5.74, 6) is 0.539. The van der Waals surface area contributed by atoms with Crippen LogP contribution in [0, 0.1) is 0 Å². The summed E-state index contributed by atoms with van der Waals surface area (Å²) < 4.78 is 7.54. The lowest BCUT2D eigenvalue weighted by Crippen LogP contribution is -2.37. The summed E-state index contributed by atoms with van der Waals surface area (Å²) in [4.78, 5) is 28.7. The van der Waals surface area contributed by atoms with E-state index < -0.39 is 0 Å². The predicted octanol–water partition coefficient (Wildman–Crippen LogP) is 2.34. The summed E-state index contributed by atoms with van der Waals surface area (Å²) in [5, 5.41) is 12.5. The van der Waals surface area contributed by atoms with E-state index in [2.05, 4.69) is 38.6 Å². The van der Waals surface area contributed by atoms with Crippen molar-refractivity contribution in [3.05, 3.63) is 47.7 Å². The molecule has 1 fully saturated rings.